The van der Waals surface area contributed by atoms with Gasteiger partial charge in [-0.05, 0) is 66.1 Å². The van der Waals surface area contributed by atoms with Crippen molar-refractivity contribution in [1.29, 1.82) is 0 Å². The van der Waals surface area contributed by atoms with Gasteiger partial charge in [-0.1, -0.05) is 30.3 Å². The molecule has 2 aliphatic rings. The average Bonchev–Trinajstić information content (AvgIpc) is 3.49. The fourth-order valence-electron chi connectivity index (χ4n) is 6.35. The molecular formula is C37H32FN5O6. The lowest BCUT2D eigenvalue weighted by atomic mass is 9.98. The highest BCUT2D eigenvalue weighted by Crippen LogP contribution is 2.36. The van der Waals surface area contributed by atoms with Crippen LogP contribution in [0.15, 0.2) is 90.0 Å². The van der Waals surface area contributed by atoms with Gasteiger partial charge in [-0.15, -0.1) is 0 Å². The van der Waals surface area contributed by atoms with E-state index in [-0.39, 0.29) is 35.3 Å². The molecule has 3 aromatic carbocycles. The van der Waals surface area contributed by atoms with Crippen molar-refractivity contribution in [2.45, 2.75) is 25.7 Å². The van der Waals surface area contributed by atoms with Crippen LogP contribution in [0.4, 0.5) is 15.9 Å². The van der Waals surface area contributed by atoms with Gasteiger partial charge >= 0.3 is 0 Å². The second-order valence-corrected chi connectivity index (χ2v) is 11.9. The highest BCUT2D eigenvalue weighted by Gasteiger charge is 2.42. The number of amides is 2. The molecule has 0 radical (unpaired) electrons. The molecule has 11 nitrogen and oxygen atoms in total. The number of nitrogens with one attached hydrogen (secondary N) is 1. The topological polar surface area (TPSA) is 138 Å². The summed E-state index contributed by atoms with van der Waals surface area (Å²) in [6, 6.07) is 19.5. The smallest absolute Gasteiger partial charge is 0.273 e. The van der Waals surface area contributed by atoms with Crippen molar-refractivity contribution in [3.8, 4) is 44.9 Å². The second-order valence-electron chi connectivity index (χ2n) is 11.9. The summed E-state index contributed by atoms with van der Waals surface area (Å²) < 4.78 is 32.0. The van der Waals surface area contributed by atoms with E-state index in [4.69, 9.17) is 19.9 Å². The predicted octanol–water partition coefficient (Wildman–Crippen LogP) is 5.44. The highest BCUT2D eigenvalue weighted by molar-refractivity contribution is 6.07. The van der Waals surface area contributed by atoms with Gasteiger partial charge in [0.15, 0.2) is 17.7 Å². The maximum Gasteiger partial charge on any atom is 0.273 e. The molecular weight excluding hydrogens is 629 g/mol. The first kappa shape index (κ1) is 31.6. The van der Waals surface area contributed by atoms with Gasteiger partial charge in [0.05, 0.1) is 39.0 Å². The zero-order chi connectivity index (χ0) is 34.4. The van der Waals surface area contributed by atoms with Crippen LogP contribution >= 0.6 is 0 Å². The van der Waals surface area contributed by atoms with Crippen molar-refractivity contribution in [3.05, 3.63) is 112 Å². The van der Waals surface area contributed by atoms with Crippen molar-refractivity contribution >= 4 is 23.3 Å². The number of halogens is 1. The lowest BCUT2D eigenvalue weighted by molar-refractivity contribution is 0.00689. The molecule has 2 atom stereocenters. The molecule has 3 N–H and O–H groups in total. The second kappa shape index (κ2) is 12.5. The van der Waals surface area contributed by atoms with Crippen LogP contribution < -0.4 is 26.0 Å². The van der Waals surface area contributed by atoms with Gasteiger partial charge in [-0.25, -0.2) is 9.37 Å². The van der Waals surface area contributed by atoms with E-state index in [1.165, 1.54) is 30.5 Å². The molecule has 1 saturated heterocycles. The van der Waals surface area contributed by atoms with Crippen molar-refractivity contribution in [2.75, 3.05) is 31.9 Å². The first-order valence-electron chi connectivity index (χ1n) is 15.5. The number of benzene rings is 3. The van der Waals surface area contributed by atoms with Gasteiger partial charge < -0.3 is 34.7 Å². The van der Waals surface area contributed by atoms with Crippen LogP contribution in [0.2, 0.25) is 0 Å². The van der Waals surface area contributed by atoms with E-state index >= 15 is 0 Å². The van der Waals surface area contributed by atoms with Gasteiger partial charge in [0.25, 0.3) is 11.8 Å². The summed E-state index contributed by atoms with van der Waals surface area (Å²) in [5.41, 5.74) is 9.48. The number of ether oxygens (including phenoxy) is 3. The first-order valence-corrected chi connectivity index (χ1v) is 15.5. The number of pyridine rings is 2. The number of nitrogens with two attached hydrogens (primary N) is 1. The summed E-state index contributed by atoms with van der Waals surface area (Å²) in [6.07, 6.45) is 2.53. The molecule has 0 saturated carbocycles. The molecule has 49 heavy (non-hydrogen) atoms. The minimum atomic E-state index is -0.663. The SMILES string of the molecule is COc1ccc(-c2cnc(N)c(-c3ccc(NC(=O)c4cn5c(c(-c6ccc(F)cc6)c4=O)C(=O)N4C(C5)OC[C@H]4C)cc3)c2)cc1OC. The van der Waals surface area contributed by atoms with E-state index < -0.39 is 23.4 Å². The Morgan fingerprint density at radius 2 is 1.63 bits per heavy atom. The standard InChI is InChI=1S/C37H32FN5O6/c1-20-19-49-31-18-42-17-28(34(44)32(33(42)37(46)43(20)31)22-4-9-25(38)10-5-22)36(45)41-26-11-6-21(7-12-26)27-14-24(16-40-35(27)39)23-8-13-29(47-2)30(15-23)48-3/h4-17,20,31H,18-19H2,1-3H3,(H2,39,40)(H,41,45)/t20-,31?/m1/s1. The Bertz CT molecular complexity index is 2170. The van der Waals surface area contributed by atoms with Crippen molar-refractivity contribution in [2.24, 2.45) is 0 Å². The number of nitrogens with zero attached hydrogens (tertiary/aromatic N) is 3. The van der Waals surface area contributed by atoms with E-state index in [0.717, 1.165) is 16.7 Å². The summed E-state index contributed by atoms with van der Waals surface area (Å²) in [5, 5.41) is 2.80. The van der Waals surface area contributed by atoms with E-state index in [0.29, 0.717) is 40.7 Å². The van der Waals surface area contributed by atoms with E-state index in [2.05, 4.69) is 10.3 Å². The largest absolute Gasteiger partial charge is 0.493 e. The third kappa shape index (κ3) is 5.65. The predicted molar refractivity (Wildman–Crippen MR) is 182 cm³/mol. The average molecular weight is 662 g/mol. The van der Waals surface area contributed by atoms with Crippen LogP contribution in [0.5, 0.6) is 11.5 Å². The molecule has 2 amide bonds. The van der Waals surface area contributed by atoms with Crippen LogP contribution in [-0.2, 0) is 11.3 Å². The Kier molecular flexibility index (Phi) is 8.09. The number of rotatable bonds is 7. The Morgan fingerprint density at radius 1 is 0.939 bits per heavy atom. The van der Waals surface area contributed by atoms with E-state index in [1.54, 1.807) is 54.1 Å². The fourth-order valence-corrected chi connectivity index (χ4v) is 6.35. The zero-order valence-electron chi connectivity index (χ0n) is 26.9. The normalized spacial score (nSPS) is 16.6. The molecule has 12 heteroatoms. The molecule has 2 aliphatic heterocycles. The van der Waals surface area contributed by atoms with E-state index in [1.807, 2.05) is 31.2 Å². The molecule has 0 bridgehead atoms. The maximum atomic E-state index is 14.0. The number of carbonyl (C=O) groups excluding carboxylic acids is 2. The number of nitrogen functional groups attached to an aromatic ring is 1. The number of hydrogen-bond donors (Lipinski definition) is 2. The van der Waals surface area contributed by atoms with Crippen molar-refractivity contribution in [1.82, 2.24) is 14.5 Å². The first-order chi connectivity index (χ1) is 23.7. The number of aromatic nitrogens is 2. The zero-order valence-corrected chi connectivity index (χ0v) is 26.9. The van der Waals surface area contributed by atoms with Crippen LogP contribution in [0.3, 0.4) is 0 Å². The van der Waals surface area contributed by atoms with Crippen LogP contribution in [-0.4, -0.2) is 59.4 Å². The Balaban J connectivity index is 1.20. The molecule has 7 rings (SSSR count). The van der Waals surface area contributed by atoms with Crippen molar-refractivity contribution < 1.29 is 28.2 Å². The van der Waals surface area contributed by atoms with Gasteiger partial charge in [-0.3, -0.25) is 14.4 Å². The lowest BCUT2D eigenvalue weighted by Gasteiger charge is -2.34. The lowest BCUT2D eigenvalue weighted by Crippen LogP contribution is -2.49. The summed E-state index contributed by atoms with van der Waals surface area (Å²) in [4.78, 5) is 47.4. The summed E-state index contributed by atoms with van der Waals surface area (Å²) in [6.45, 7) is 2.45. The van der Waals surface area contributed by atoms with Gasteiger partial charge in [0, 0.05) is 29.2 Å². The molecule has 4 heterocycles. The molecule has 0 spiro atoms. The molecule has 2 aromatic heterocycles. The van der Waals surface area contributed by atoms with Crippen LogP contribution in [0.1, 0.15) is 27.8 Å². The monoisotopic (exact) mass is 661 g/mol. The van der Waals surface area contributed by atoms with Crippen molar-refractivity contribution in [3.63, 3.8) is 0 Å². The Morgan fingerprint density at radius 3 is 2.35 bits per heavy atom. The van der Waals surface area contributed by atoms with E-state index in [9.17, 15) is 18.8 Å². The third-order valence-corrected chi connectivity index (χ3v) is 8.85. The molecule has 1 fully saturated rings. The maximum absolute atomic E-state index is 14.0. The summed E-state index contributed by atoms with van der Waals surface area (Å²) in [7, 11) is 3.14. The minimum absolute atomic E-state index is 0.0304. The molecule has 0 aliphatic carbocycles. The summed E-state index contributed by atoms with van der Waals surface area (Å²) >= 11 is 0. The number of hydrogen-bond acceptors (Lipinski definition) is 8. The van der Waals surface area contributed by atoms with Gasteiger partial charge in [0.2, 0.25) is 5.43 Å². The Hall–Kier alpha value is -6.01. The van der Waals surface area contributed by atoms with Gasteiger partial charge in [0.1, 0.15) is 22.9 Å². The number of methoxy groups -OCH3 is 2. The highest BCUT2D eigenvalue weighted by atomic mass is 19.1. The number of carbonyl (C=O) groups is 2. The molecule has 248 valence electrons. The quantitative estimate of drug-likeness (QED) is 0.235. The molecule has 1 unspecified atom stereocenters. The number of fused-ring (bicyclic) bond motifs is 2. The number of anilines is 2. The van der Waals surface area contributed by atoms with Crippen LogP contribution in [0, 0.1) is 5.82 Å². The molecule has 5 aromatic rings. The Labute approximate surface area is 280 Å². The third-order valence-electron chi connectivity index (χ3n) is 8.85. The van der Waals surface area contributed by atoms with Crippen LogP contribution in [0.25, 0.3) is 33.4 Å². The minimum Gasteiger partial charge on any atom is -0.493 e. The summed E-state index contributed by atoms with van der Waals surface area (Å²) in [5.74, 6) is -0.0297. The van der Waals surface area contributed by atoms with Gasteiger partial charge in [-0.2, -0.15) is 0 Å². The fraction of sp³-hybridized carbons (Fsp3) is 0.189.